The molecular weight excluding hydrogens is 552 g/mol. The molecule has 5 rings (SSSR count). The summed E-state index contributed by atoms with van der Waals surface area (Å²) in [5.74, 6) is 0.943. The van der Waals surface area contributed by atoms with Gasteiger partial charge in [-0.05, 0) is 116 Å². The Labute approximate surface area is 266 Å². The highest BCUT2D eigenvalue weighted by molar-refractivity contribution is 5.78. The highest BCUT2D eigenvalue weighted by Gasteiger charge is 2.69. The molecule has 4 fully saturated rings. The fraction of sp³-hybridized carbons (Fsp3) is 0.868. The van der Waals surface area contributed by atoms with E-state index in [1.165, 1.54) is 13.5 Å². The van der Waals surface area contributed by atoms with Gasteiger partial charge in [0.2, 0.25) is 0 Å². The summed E-state index contributed by atoms with van der Waals surface area (Å²) in [7, 11) is 2.98. The van der Waals surface area contributed by atoms with E-state index >= 15 is 0 Å². The highest BCUT2D eigenvalue weighted by Crippen LogP contribution is 2.76. The minimum absolute atomic E-state index is 0.0157. The maximum atomic E-state index is 13.5. The number of methoxy groups -OCH3 is 2. The van der Waals surface area contributed by atoms with Crippen molar-refractivity contribution in [1.29, 1.82) is 0 Å². The topological polar surface area (TPSA) is 78.9 Å². The predicted molar refractivity (Wildman–Crippen MR) is 171 cm³/mol. The van der Waals surface area contributed by atoms with Crippen molar-refractivity contribution in [3.63, 3.8) is 0 Å². The molecule has 0 radical (unpaired) electrons. The summed E-state index contributed by atoms with van der Waals surface area (Å²) in [6.45, 7) is 17.2. The Morgan fingerprint density at radius 1 is 0.773 bits per heavy atom. The molecule has 0 saturated heterocycles. The van der Waals surface area contributed by atoms with Crippen LogP contribution in [0.3, 0.4) is 0 Å². The maximum absolute atomic E-state index is 13.5. The Balaban J connectivity index is 1.38. The molecule has 5 aliphatic carbocycles. The summed E-state index contributed by atoms with van der Waals surface area (Å²) in [6.07, 6.45) is 14.9. The van der Waals surface area contributed by atoms with E-state index in [0.29, 0.717) is 37.5 Å². The smallest absolute Gasteiger partial charge is 0.312 e. The molecule has 0 aromatic heterocycles. The van der Waals surface area contributed by atoms with Gasteiger partial charge in [0.15, 0.2) is 0 Å². The summed E-state index contributed by atoms with van der Waals surface area (Å²) in [4.78, 5) is 37.8. The third kappa shape index (κ3) is 5.07. The number of hydrogen-bond acceptors (Lipinski definition) is 6. The molecule has 4 saturated carbocycles. The lowest BCUT2D eigenvalue weighted by Crippen LogP contribution is -2.65. The van der Waals surface area contributed by atoms with Gasteiger partial charge < -0.3 is 14.2 Å². The van der Waals surface area contributed by atoms with Crippen LogP contribution in [0.1, 0.15) is 138 Å². The molecule has 44 heavy (non-hydrogen) atoms. The average Bonchev–Trinajstić information content (AvgIpc) is 2.96. The van der Waals surface area contributed by atoms with Gasteiger partial charge in [0.25, 0.3) is 0 Å². The molecule has 1 unspecified atom stereocenters. The SMILES string of the molecule is COC(=O)CCCCC(=O)OC1CC[C@]2(C)[C@H]3CC=C4[C@@H]5CC(C)(C)CC[C@]5(C(=O)OC)CC[C@@]4(C)[C@]3(C)CC[C@H]2C1(C)C. The summed E-state index contributed by atoms with van der Waals surface area (Å²) in [5.41, 5.74) is 1.70. The number of carbonyl (C=O) groups is 3. The monoisotopic (exact) mass is 612 g/mol. The maximum Gasteiger partial charge on any atom is 0.312 e. The van der Waals surface area contributed by atoms with Crippen molar-refractivity contribution in [2.75, 3.05) is 14.2 Å². The van der Waals surface area contributed by atoms with Crippen LogP contribution in [0.15, 0.2) is 11.6 Å². The molecule has 0 amide bonds. The fourth-order valence-corrected chi connectivity index (χ4v) is 11.9. The number of carbonyl (C=O) groups excluding carboxylic acids is 3. The fourth-order valence-electron chi connectivity index (χ4n) is 11.9. The van der Waals surface area contributed by atoms with Gasteiger partial charge in [0.1, 0.15) is 6.10 Å². The van der Waals surface area contributed by atoms with Crippen LogP contribution in [0.25, 0.3) is 0 Å². The zero-order chi connectivity index (χ0) is 32.3. The Morgan fingerprint density at radius 2 is 1.43 bits per heavy atom. The molecule has 0 aromatic carbocycles. The lowest BCUT2D eigenvalue weighted by molar-refractivity contribution is -0.214. The minimum atomic E-state index is -0.372. The summed E-state index contributed by atoms with van der Waals surface area (Å²) in [5, 5.41) is 0. The van der Waals surface area contributed by atoms with Crippen LogP contribution >= 0.6 is 0 Å². The van der Waals surface area contributed by atoms with Crippen LogP contribution in [0.4, 0.5) is 0 Å². The van der Waals surface area contributed by atoms with Crippen LogP contribution in [-0.2, 0) is 28.6 Å². The van der Waals surface area contributed by atoms with E-state index in [4.69, 9.17) is 14.2 Å². The number of allylic oxidation sites excluding steroid dienone is 2. The van der Waals surface area contributed by atoms with E-state index in [2.05, 4.69) is 54.5 Å². The lowest BCUT2D eigenvalue weighted by atomic mass is 9.33. The average molecular weight is 613 g/mol. The second-order valence-corrected chi connectivity index (χ2v) is 17.5. The molecule has 0 N–H and O–H groups in total. The molecule has 0 spiro atoms. The van der Waals surface area contributed by atoms with Crippen molar-refractivity contribution < 1.29 is 28.6 Å². The van der Waals surface area contributed by atoms with Crippen molar-refractivity contribution in [3.8, 4) is 0 Å². The first-order valence-electron chi connectivity index (χ1n) is 17.6. The molecule has 0 heterocycles. The van der Waals surface area contributed by atoms with Crippen LogP contribution in [0, 0.1) is 50.2 Å². The predicted octanol–water partition coefficient (Wildman–Crippen LogP) is 8.61. The zero-order valence-electron chi connectivity index (χ0n) is 29.2. The van der Waals surface area contributed by atoms with Crippen molar-refractivity contribution in [2.24, 2.45) is 50.2 Å². The summed E-state index contributed by atoms with van der Waals surface area (Å²) in [6, 6.07) is 0. The zero-order valence-corrected chi connectivity index (χ0v) is 29.2. The van der Waals surface area contributed by atoms with Gasteiger partial charge in [-0.25, -0.2) is 0 Å². The molecule has 6 heteroatoms. The number of fused-ring (bicyclic) bond motifs is 7. The summed E-state index contributed by atoms with van der Waals surface area (Å²) < 4.78 is 16.5. The van der Waals surface area contributed by atoms with Crippen LogP contribution < -0.4 is 0 Å². The first kappa shape index (κ1) is 33.5. The van der Waals surface area contributed by atoms with Crippen molar-refractivity contribution in [2.45, 2.75) is 144 Å². The third-order valence-corrected chi connectivity index (χ3v) is 14.7. The Bertz CT molecular complexity index is 1180. The Morgan fingerprint density at radius 3 is 2.09 bits per heavy atom. The van der Waals surface area contributed by atoms with Gasteiger partial charge >= 0.3 is 17.9 Å². The van der Waals surface area contributed by atoms with E-state index in [1.807, 2.05) is 0 Å². The number of ether oxygens (including phenoxy) is 3. The van der Waals surface area contributed by atoms with Gasteiger partial charge in [-0.2, -0.15) is 0 Å². The standard InChI is InChI=1S/C38H60O6/c1-33(2)20-22-38(32(41)43-9)23-21-36(6)25(26(38)24-33)14-15-28-35(5)18-17-29(34(3,4)27(35)16-19-37(28,36)7)44-31(40)13-11-10-12-30(39)42-8/h14,26-29H,10-13,15-24H2,1-9H3/t26-,27-,28+,29?,35-,36+,37+,38-/m0/s1. The molecule has 0 aliphatic heterocycles. The van der Waals surface area contributed by atoms with Gasteiger partial charge in [-0.15, -0.1) is 0 Å². The molecule has 248 valence electrons. The first-order chi connectivity index (χ1) is 20.5. The van der Waals surface area contributed by atoms with Crippen LogP contribution in [0.2, 0.25) is 0 Å². The Kier molecular flexibility index (Phi) is 8.71. The van der Waals surface area contributed by atoms with Crippen LogP contribution in [0.5, 0.6) is 0 Å². The number of esters is 3. The van der Waals surface area contributed by atoms with E-state index in [1.54, 1.807) is 12.7 Å². The second kappa shape index (κ2) is 11.4. The molecule has 6 nitrogen and oxygen atoms in total. The minimum Gasteiger partial charge on any atom is -0.469 e. The van der Waals surface area contributed by atoms with E-state index < -0.39 is 0 Å². The van der Waals surface area contributed by atoms with Gasteiger partial charge in [0.05, 0.1) is 19.6 Å². The normalized spacial score (nSPS) is 41.9. The Hall–Kier alpha value is -1.85. The summed E-state index contributed by atoms with van der Waals surface area (Å²) >= 11 is 0. The van der Waals surface area contributed by atoms with Gasteiger partial charge in [0, 0.05) is 18.3 Å². The second-order valence-electron chi connectivity index (χ2n) is 17.5. The molecule has 5 aliphatic rings. The molecular formula is C38H60O6. The van der Waals surface area contributed by atoms with E-state index in [9.17, 15) is 14.4 Å². The van der Waals surface area contributed by atoms with E-state index in [-0.39, 0.29) is 62.4 Å². The van der Waals surface area contributed by atoms with Gasteiger partial charge in [-0.3, -0.25) is 14.4 Å². The molecule has 0 aromatic rings. The number of rotatable bonds is 7. The molecule has 8 atom stereocenters. The lowest BCUT2D eigenvalue weighted by Gasteiger charge is -2.71. The quantitative estimate of drug-likeness (QED) is 0.124. The number of hydrogen-bond donors (Lipinski definition) is 0. The number of unbranched alkanes of at least 4 members (excludes halogenated alkanes) is 1. The van der Waals surface area contributed by atoms with Crippen molar-refractivity contribution in [3.05, 3.63) is 11.6 Å². The molecule has 0 bridgehead atoms. The van der Waals surface area contributed by atoms with Crippen LogP contribution in [-0.4, -0.2) is 38.2 Å². The van der Waals surface area contributed by atoms with Crippen molar-refractivity contribution >= 4 is 17.9 Å². The first-order valence-corrected chi connectivity index (χ1v) is 17.6. The third-order valence-electron chi connectivity index (χ3n) is 14.7. The van der Waals surface area contributed by atoms with Gasteiger partial charge in [-0.1, -0.05) is 60.1 Å². The van der Waals surface area contributed by atoms with Crippen molar-refractivity contribution in [1.82, 2.24) is 0 Å². The largest absolute Gasteiger partial charge is 0.469 e. The highest BCUT2D eigenvalue weighted by atomic mass is 16.5. The van der Waals surface area contributed by atoms with E-state index in [0.717, 1.165) is 57.8 Å².